The van der Waals surface area contributed by atoms with Crippen LogP contribution in [0.2, 0.25) is 18.1 Å². The molecule has 3 atom stereocenters. The van der Waals surface area contributed by atoms with Crippen molar-refractivity contribution in [1.29, 1.82) is 0 Å². The van der Waals surface area contributed by atoms with E-state index in [4.69, 9.17) is 23.6 Å². The van der Waals surface area contributed by atoms with Crippen molar-refractivity contribution >= 4 is 14.3 Å². The van der Waals surface area contributed by atoms with Gasteiger partial charge in [0.2, 0.25) is 0 Å². The lowest BCUT2D eigenvalue weighted by atomic mass is 9.57. The van der Waals surface area contributed by atoms with Crippen LogP contribution in [0.15, 0.2) is 18.3 Å². The van der Waals surface area contributed by atoms with Gasteiger partial charge in [-0.15, -0.1) is 0 Å². The van der Waals surface area contributed by atoms with Gasteiger partial charge in [-0.25, -0.2) is 0 Å². The molecule has 2 aromatic heterocycles. The van der Waals surface area contributed by atoms with Gasteiger partial charge in [0.15, 0.2) is 8.32 Å². The average molecular weight is 661 g/mol. The van der Waals surface area contributed by atoms with E-state index in [0.29, 0.717) is 38.2 Å². The van der Waals surface area contributed by atoms with E-state index in [1.165, 1.54) is 13.0 Å². The molecule has 2 fully saturated rings. The fourth-order valence-electron chi connectivity index (χ4n) is 7.67. The fraction of sp³-hybridized carbons (Fsp3) is 0.686. The number of alkyl halides is 3. The number of carbonyl (C=O) groups is 1. The molecule has 2 aliphatic carbocycles. The van der Waals surface area contributed by atoms with Crippen LogP contribution >= 0.6 is 0 Å². The molecule has 0 amide bonds. The maximum Gasteiger partial charge on any atom is 0.417 e. The molecule has 7 nitrogen and oxygen atoms in total. The molecule has 4 aliphatic rings. The highest BCUT2D eigenvalue weighted by atomic mass is 28.4. The molecule has 0 N–H and O–H groups in total. The summed E-state index contributed by atoms with van der Waals surface area (Å²) < 4.78 is 67.0. The zero-order valence-electron chi connectivity index (χ0n) is 28.3. The maximum absolute atomic E-state index is 13.5. The largest absolute Gasteiger partial charge is 0.455 e. The Balaban J connectivity index is 1.64. The van der Waals surface area contributed by atoms with Crippen LogP contribution in [0.5, 0.6) is 0 Å². The molecule has 3 unspecified atom stereocenters. The first-order chi connectivity index (χ1) is 21.4. The number of pyridine rings is 2. The molecular formula is C35H47F3N2O5Si. The number of aromatic nitrogens is 2. The van der Waals surface area contributed by atoms with Crippen LogP contribution in [0.3, 0.4) is 0 Å². The van der Waals surface area contributed by atoms with Crippen LogP contribution < -0.4 is 0 Å². The van der Waals surface area contributed by atoms with Crippen LogP contribution in [-0.4, -0.2) is 37.5 Å². The van der Waals surface area contributed by atoms with E-state index in [0.717, 1.165) is 59.6 Å². The molecule has 2 aliphatic heterocycles. The van der Waals surface area contributed by atoms with E-state index >= 15 is 0 Å². The van der Waals surface area contributed by atoms with Gasteiger partial charge in [-0.05, 0) is 61.0 Å². The van der Waals surface area contributed by atoms with E-state index in [-0.39, 0.29) is 28.4 Å². The average Bonchev–Trinajstić information content (AvgIpc) is 3.25. The minimum Gasteiger partial charge on any atom is -0.455 e. The zero-order chi connectivity index (χ0) is 33.4. The smallest absolute Gasteiger partial charge is 0.417 e. The molecule has 1 saturated carbocycles. The monoisotopic (exact) mass is 660 g/mol. The molecule has 2 aromatic rings. The second kappa shape index (κ2) is 11.4. The van der Waals surface area contributed by atoms with Gasteiger partial charge in [-0.2, -0.15) is 13.2 Å². The van der Waals surface area contributed by atoms with Crippen LogP contribution in [0.4, 0.5) is 13.2 Å². The standard InChI is InChI=1S/C35H47F3N2O5Si/c1-20(2)28-26-27(34(14-16-42-17-15-34)44-30(26)23-11-10-22(19-39-23)35(36,37)38)25-24(45-46(7,8)32(4,5)6)18-33(12-9-13-33)31(29(25)40-28)43-21(3)41/h10-11,19-20,24,30-31H,9,12-18H2,1-8H3. The molecule has 0 aromatic carbocycles. The predicted molar refractivity (Wildman–Crippen MR) is 169 cm³/mol. The third-order valence-corrected chi connectivity index (χ3v) is 15.7. The number of fused-ring (bicyclic) bond motifs is 4. The first-order valence-corrected chi connectivity index (χ1v) is 19.5. The summed E-state index contributed by atoms with van der Waals surface area (Å²) in [5.41, 5.74) is 2.89. The molecule has 0 radical (unpaired) electrons. The minimum atomic E-state index is -4.50. The molecule has 1 saturated heterocycles. The van der Waals surface area contributed by atoms with Gasteiger partial charge in [-0.3, -0.25) is 14.8 Å². The fourth-order valence-corrected chi connectivity index (χ4v) is 8.93. The summed E-state index contributed by atoms with van der Waals surface area (Å²) in [6, 6.07) is 2.50. The number of hydrogen-bond donors (Lipinski definition) is 0. The van der Waals surface area contributed by atoms with Gasteiger partial charge < -0.3 is 18.6 Å². The number of hydrogen-bond acceptors (Lipinski definition) is 7. The van der Waals surface area contributed by atoms with E-state index in [9.17, 15) is 18.0 Å². The van der Waals surface area contributed by atoms with Crippen molar-refractivity contribution in [2.24, 2.45) is 5.41 Å². The number of ether oxygens (including phenoxy) is 3. The topological polar surface area (TPSA) is 79.8 Å². The van der Waals surface area contributed by atoms with Crippen molar-refractivity contribution in [2.45, 2.75) is 134 Å². The molecule has 0 bridgehead atoms. The van der Waals surface area contributed by atoms with E-state index in [1.807, 2.05) is 0 Å². The van der Waals surface area contributed by atoms with E-state index in [2.05, 4.69) is 52.7 Å². The number of carbonyl (C=O) groups excluding carboxylic acids is 1. The van der Waals surface area contributed by atoms with Crippen LogP contribution in [0.25, 0.3) is 0 Å². The number of halogens is 3. The summed E-state index contributed by atoms with van der Waals surface area (Å²) in [5.74, 6) is -0.394. The zero-order valence-corrected chi connectivity index (χ0v) is 29.3. The van der Waals surface area contributed by atoms with Crippen molar-refractivity contribution in [3.05, 3.63) is 57.7 Å². The Kier molecular flexibility index (Phi) is 8.30. The van der Waals surface area contributed by atoms with E-state index < -0.39 is 37.9 Å². The molecular weight excluding hydrogens is 613 g/mol. The Morgan fingerprint density at radius 3 is 2.24 bits per heavy atom. The van der Waals surface area contributed by atoms with Crippen molar-refractivity contribution in [3.63, 3.8) is 0 Å². The summed E-state index contributed by atoms with van der Waals surface area (Å²) in [6.07, 6.45) is -0.408. The second-order valence-corrected chi connectivity index (χ2v) is 20.3. The van der Waals surface area contributed by atoms with Crippen molar-refractivity contribution in [1.82, 2.24) is 9.97 Å². The second-order valence-electron chi connectivity index (χ2n) is 15.6. The lowest BCUT2D eigenvalue weighted by molar-refractivity contribution is -0.167. The Bertz CT molecular complexity index is 1490. The van der Waals surface area contributed by atoms with Crippen LogP contribution in [-0.2, 0) is 35.2 Å². The summed E-state index contributed by atoms with van der Waals surface area (Å²) in [7, 11) is -2.32. The normalized spacial score (nSPS) is 25.3. The van der Waals surface area contributed by atoms with Crippen LogP contribution in [0, 0.1) is 5.41 Å². The first-order valence-electron chi connectivity index (χ1n) is 16.6. The van der Waals surface area contributed by atoms with Gasteiger partial charge in [-0.1, -0.05) is 41.0 Å². The van der Waals surface area contributed by atoms with E-state index in [1.54, 1.807) is 0 Å². The maximum atomic E-state index is 13.5. The Morgan fingerprint density at radius 1 is 1.07 bits per heavy atom. The highest BCUT2D eigenvalue weighted by molar-refractivity contribution is 6.74. The van der Waals surface area contributed by atoms with Gasteiger partial charge >= 0.3 is 12.1 Å². The summed E-state index contributed by atoms with van der Waals surface area (Å²) in [4.78, 5) is 22.4. The molecule has 4 heterocycles. The Hall–Kier alpha value is -2.34. The first kappa shape index (κ1) is 33.6. The Morgan fingerprint density at radius 2 is 1.74 bits per heavy atom. The summed E-state index contributed by atoms with van der Waals surface area (Å²) in [6.45, 7) is 17.7. The third kappa shape index (κ3) is 5.52. The van der Waals surface area contributed by atoms with Crippen molar-refractivity contribution in [2.75, 3.05) is 13.2 Å². The SMILES string of the molecule is CC(=O)OC1c2nc(C(C)C)c3c(c2C(O[Si](C)(C)C(C)(C)C)CC12CCC2)C1(CCOCC1)OC3c1ccc(C(F)(F)F)cn1. The van der Waals surface area contributed by atoms with Gasteiger partial charge in [0, 0.05) is 61.4 Å². The Labute approximate surface area is 271 Å². The quantitative estimate of drug-likeness (QED) is 0.234. The number of nitrogens with zero attached hydrogens (tertiary/aromatic N) is 2. The summed E-state index contributed by atoms with van der Waals surface area (Å²) >= 11 is 0. The number of esters is 1. The third-order valence-electron chi connectivity index (χ3n) is 11.2. The predicted octanol–water partition coefficient (Wildman–Crippen LogP) is 8.99. The molecule has 2 spiro atoms. The lowest BCUT2D eigenvalue weighted by Crippen LogP contribution is -2.49. The molecule has 46 heavy (non-hydrogen) atoms. The van der Waals surface area contributed by atoms with Crippen LogP contribution in [0.1, 0.15) is 144 Å². The molecule has 6 rings (SSSR count). The van der Waals surface area contributed by atoms with Gasteiger partial charge in [0.25, 0.3) is 0 Å². The van der Waals surface area contributed by atoms with Crippen molar-refractivity contribution < 1.29 is 36.6 Å². The lowest BCUT2D eigenvalue weighted by Gasteiger charge is -2.54. The van der Waals surface area contributed by atoms with Gasteiger partial charge in [0.05, 0.1) is 28.7 Å². The van der Waals surface area contributed by atoms with Gasteiger partial charge in [0.1, 0.15) is 12.2 Å². The molecule has 11 heteroatoms. The van der Waals surface area contributed by atoms with Crippen molar-refractivity contribution in [3.8, 4) is 0 Å². The minimum absolute atomic E-state index is 0.0495. The molecule has 252 valence electrons. The highest BCUT2D eigenvalue weighted by Gasteiger charge is 2.59. The summed E-state index contributed by atoms with van der Waals surface area (Å²) in [5, 5.41) is -0.0549. The highest BCUT2D eigenvalue weighted by Crippen LogP contribution is 2.65. The number of rotatable bonds is 5.